The number of hydrogen-bond donors (Lipinski definition) is 2. The fourth-order valence-electron chi connectivity index (χ4n) is 3.15. The summed E-state index contributed by atoms with van der Waals surface area (Å²) in [5.74, 6) is 0.347. The van der Waals surface area contributed by atoms with Gasteiger partial charge in [0, 0.05) is 13.0 Å². The predicted molar refractivity (Wildman–Crippen MR) is 138 cm³/mol. The van der Waals surface area contributed by atoms with Gasteiger partial charge in [-0.2, -0.15) is 0 Å². The lowest BCUT2D eigenvalue weighted by molar-refractivity contribution is -0.124. The molecule has 3 rings (SSSR count). The Morgan fingerprint density at radius 1 is 1.11 bits per heavy atom. The first-order valence-electron chi connectivity index (χ1n) is 10.5. The smallest absolute Gasteiger partial charge is 0.266 e. The molecule has 186 valence electrons. The minimum absolute atomic E-state index is 0.00219. The van der Waals surface area contributed by atoms with E-state index in [0.29, 0.717) is 27.1 Å². The number of carbonyl (C=O) groups is 2. The number of amides is 2. The lowest BCUT2D eigenvalue weighted by Crippen LogP contribution is -2.41. The number of ether oxygens (including phenoxy) is 2. The van der Waals surface area contributed by atoms with Crippen molar-refractivity contribution >= 4 is 56.2 Å². The maximum atomic E-state index is 12.8. The van der Waals surface area contributed by atoms with E-state index in [0.717, 1.165) is 11.1 Å². The number of benzene rings is 2. The molecule has 12 heteroatoms. The van der Waals surface area contributed by atoms with Crippen LogP contribution in [-0.4, -0.2) is 50.2 Å². The summed E-state index contributed by atoms with van der Waals surface area (Å²) in [5.41, 5.74) is 3.87. The van der Waals surface area contributed by atoms with E-state index in [9.17, 15) is 18.0 Å². The van der Waals surface area contributed by atoms with E-state index in [2.05, 4.69) is 10.3 Å². The van der Waals surface area contributed by atoms with Crippen LogP contribution in [0.4, 0.5) is 0 Å². The molecule has 2 aromatic carbocycles. The van der Waals surface area contributed by atoms with Gasteiger partial charge in [0.05, 0.1) is 24.0 Å². The van der Waals surface area contributed by atoms with Crippen LogP contribution < -0.4 is 19.7 Å². The van der Waals surface area contributed by atoms with Crippen molar-refractivity contribution in [1.29, 1.82) is 0 Å². The third kappa shape index (κ3) is 6.82. The zero-order valence-electron chi connectivity index (χ0n) is 19.4. The summed E-state index contributed by atoms with van der Waals surface area (Å²) in [6.07, 6.45) is 2.02. The highest BCUT2D eigenvalue weighted by atomic mass is 32.2. The number of hydrogen-bond acceptors (Lipinski definition) is 8. The number of thiocarbonyl (C=S) groups is 1. The van der Waals surface area contributed by atoms with Gasteiger partial charge in [0.25, 0.3) is 15.9 Å². The molecule has 0 spiro atoms. The summed E-state index contributed by atoms with van der Waals surface area (Å²) < 4.78 is 35.4. The van der Waals surface area contributed by atoms with Gasteiger partial charge in [-0.3, -0.25) is 19.9 Å². The number of nitrogens with zero attached hydrogens (tertiary/aromatic N) is 1. The van der Waals surface area contributed by atoms with E-state index in [4.69, 9.17) is 21.7 Å². The molecule has 1 aliphatic heterocycles. The van der Waals surface area contributed by atoms with Crippen LogP contribution in [0.15, 0.2) is 52.3 Å². The normalized spacial score (nSPS) is 14.9. The second kappa shape index (κ2) is 11.7. The minimum atomic E-state index is -3.87. The molecule has 2 N–H and O–H groups in total. The molecule has 2 amide bonds. The number of hydrazine groups is 1. The number of methoxy groups -OCH3 is 2. The van der Waals surface area contributed by atoms with E-state index >= 15 is 0 Å². The molecule has 1 saturated heterocycles. The van der Waals surface area contributed by atoms with Crippen molar-refractivity contribution in [2.24, 2.45) is 0 Å². The van der Waals surface area contributed by atoms with E-state index in [1.165, 1.54) is 35.9 Å². The molecule has 0 atom stereocenters. The molecule has 0 aliphatic carbocycles. The number of sulfonamides is 1. The monoisotopic (exact) mass is 535 g/mol. The third-order valence-electron chi connectivity index (χ3n) is 5.02. The van der Waals surface area contributed by atoms with Crippen LogP contribution in [-0.2, 0) is 19.6 Å². The highest BCUT2D eigenvalue weighted by Crippen LogP contribution is 2.34. The Kier molecular flexibility index (Phi) is 8.89. The molecule has 0 bridgehead atoms. The Bertz CT molecular complexity index is 1260. The molecule has 0 radical (unpaired) electrons. The Morgan fingerprint density at radius 2 is 1.80 bits per heavy atom. The number of carbonyl (C=O) groups excluding carboxylic acids is 2. The molecular weight excluding hydrogens is 510 g/mol. The van der Waals surface area contributed by atoms with Gasteiger partial charge in [-0.15, -0.1) is 4.83 Å². The number of thioether (sulfide) groups is 1. The second-order valence-electron chi connectivity index (χ2n) is 7.52. The van der Waals surface area contributed by atoms with Crippen LogP contribution in [0.25, 0.3) is 6.08 Å². The van der Waals surface area contributed by atoms with Gasteiger partial charge < -0.3 is 9.47 Å². The fourth-order valence-corrected chi connectivity index (χ4v) is 5.32. The number of aryl methyl sites for hydroxylation is 1. The Hall–Kier alpha value is -2.93. The molecule has 1 aliphatic rings. The predicted octanol–water partition coefficient (Wildman–Crippen LogP) is 3.00. The van der Waals surface area contributed by atoms with Gasteiger partial charge in [0.2, 0.25) is 5.91 Å². The van der Waals surface area contributed by atoms with Gasteiger partial charge >= 0.3 is 0 Å². The first-order chi connectivity index (χ1) is 16.6. The molecule has 1 fully saturated rings. The quantitative estimate of drug-likeness (QED) is 0.271. The maximum absolute atomic E-state index is 12.8. The molecule has 9 nitrogen and oxygen atoms in total. The van der Waals surface area contributed by atoms with Gasteiger partial charge in [0.1, 0.15) is 4.32 Å². The molecular formula is C23H25N3O6S3. The Morgan fingerprint density at radius 3 is 2.46 bits per heavy atom. The lowest BCUT2D eigenvalue weighted by Gasteiger charge is -2.14. The van der Waals surface area contributed by atoms with Gasteiger partial charge in [-0.25, -0.2) is 8.42 Å². The van der Waals surface area contributed by atoms with Crippen molar-refractivity contribution in [2.45, 2.75) is 24.7 Å². The van der Waals surface area contributed by atoms with Crippen LogP contribution >= 0.6 is 24.0 Å². The largest absolute Gasteiger partial charge is 0.493 e. The van der Waals surface area contributed by atoms with Crippen LogP contribution in [0.3, 0.4) is 0 Å². The highest BCUT2D eigenvalue weighted by Gasteiger charge is 2.31. The highest BCUT2D eigenvalue weighted by molar-refractivity contribution is 8.26. The van der Waals surface area contributed by atoms with Crippen LogP contribution in [0.1, 0.15) is 24.0 Å². The standard InChI is InChI=1S/C23H25N3O6S3/c1-15-6-9-17(10-7-15)35(29,30)25-24-21(27)5-4-12-26-22(28)20(34-23(26)33)14-16-8-11-18(31-2)19(13-16)32-3/h6-11,13-14,25H,4-5,12H2,1-3H3,(H,24,27). The third-order valence-corrected chi connectivity index (χ3v) is 7.66. The lowest BCUT2D eigenvalue weighted by atomic mass is 10.2. The van der Waals surface area contributed by atoms with Crippen molar-refractivity contribution in [3.8, 4) is 11.5 Å². The zero-order chi connectivity index (χ0) is 25.6. The summed E-state index contributed by atoms with van der Waals surface area (Å²) in [4.78, 5) is 28.9. The SMILES string of the molecule is COc1ccc(C=C2SC(=S)N(CCCC(=O)NNS(=O)(=O)c3ccc(C)cc3)C2=O)cc1OC. The van der Waals surface area contributed by atoms with E-state index < -0.39 is 15.9 Å². The molecule has 35 heavy (non-hydrogen) atoms. The van der Waals surface area contributed by atoms with Crippen molar-refractivity contribution in [3.63, 3.8) is 0 Å². The van der Waals surface area contributed by atoms with E-state index in [1.54, 1.807) is 43.5 Å². The van der Waals surface area contributed by atoms with Gasteiger partial charge in [-0.05, 0) is 49.2 Å². The van der Waals surface area contributed by atoms with E-state index in [1.807, 2.05) is 6.92 Å². The van der Waals surface area contributed by atoms with Crippen molar-refractivity contribution < 1.29 is 27.5 Å². The number of rotatable bonds is 10. The van der Waals surface area contributed by atoms with Crippen molar-refractivity contribution in [3.05, 3.63) is 58.5 Å². The van der Waals surface area contributed by atoms with Crippen LogP contribution in [0.5, 0.6) is 11.5 Å². The fraction of sp³-hybridized carbons (Fsp3) is 0.261. The minimum Gasteiger partial charge on any atom is -0.493 e. The van der Waals surface area contributed by atoms with Crippen LogP contribution in [0.2, 0.25) is 0 Å². The van der Waals surface area contributed by atoms with Crippen LogP contribution in [0, 0.1) is 6.92 Å². The number of nitrogens with one attached hydrogen (secondary N) is 2. The van der Waals surface area contributed by atoms with E-state index in [-0.39, 0.29) is 23.8 Å². The molecule has 2 aromatic rings. The van der Waals surface area contributed by atoms with Gasteiger partial charge in [0.15, 0.2) is 11.5 Å². The summed E-state index contributed by atoms with van der Waals surface area (Å²) in [6, 6.07) is 11.5. The van der Waals surface area contributed by atoms with Crippen molar-refractivity contribution in [2.75, 3.05) is 20.8 Å². The first kappa shape index (κ1) is 26.7. The average molecular weight is 536 g/mol. The second-order valence-corrected chi connectivity index (χ2v) is 10.9. The van der Waals surface area contributed by atoms with Gasteiger partial charge in [-0.1, -0.05) is 47.7 Å². The molecule has 0 aromatic heterocycles. The zero-order valence-corrected chi connectivity index (χ0v) is 21.8. The summed E-state index contributed by atoms with van der Waals surface area (Å²) in [7, 11) is -0.796. The summed E-state index contributed by atoms with van der Waals surface area (Å²) in [6.45, 7) is 2.07. The summed E-state index contributed by atoms with van der Waals surface area (Å²) in [5, 5.41) is 0. The Balaban J connectivity index is 1.52. The summed E-state index contributed by atoms with van der Waals surface area (Å²) >= 11 is 6.51. The Labute approximate surface area is 213 Å². The topological polar surface area (TPSA) is 114 Å². The molecule has 1 heterocycles. The average Bonchev–Trinajstić information content (AvgIpc) is 3.10. The molecule has 0 saturated carbocycles. The maximum Gasteiger partial charge on any atom is 0.266 e. The van der Waals surface area contributed by atoms with Crippen molar-refractivity contribution in [1.82, 2.24) is 15.2 Å². The molecule has 0 unspecified atom stereocenters. The first-order valence-corrected chi connectivity index (χ1v) is 13.2.